The summed E-state index contributed by atoms with van der Waals surface area (Å²) >= 11 is 3.17. The zero-order chi connectivity index (χ0) is 13.9. The Balaban J connectivity index is 3.13. The van der Waals surface area contributed by atoms with Crippen molar-refractivity contribution in [3.8, 4) is 0 Å². The van der Waals surface area contributed by atoms with Gasteiger partial charge in [0.2, 0.25) is 0 Å². The molecule has 0 N–H and O–H groups in total. The van der Waals surface area contributed by atoms with Crippen LogP contribution in [-0.2, 0) is 9.53 Å². The lowest BCUT2D eigenvalue weighted by atomic mass is 9.84. The Bertz CT molecular complexity index is 483. The first kappa shape index (κ1) is 14.8. The van der Waals surface area contributed by atoms with Gasteiger partial charge in [-0.3, -0.25) is 9.59 Å². The fourth-order valence-electron chi connectivity index (χ4n) is 1.41. The monoisotopic (exact) mass is 316 g/mol. The summed E-state index contributed by atoms with van der Waals surface area (Å²) < 4.78 is 18.5. The fourth-order valence-corrected chi connectivity index (χ4v) is 1.84. The second-order valence-corrected chi connectivity index (χ2v) is 5.15. The molecule has 0 atom stereocenters. The van der Waals surface area contributed by atoms with E-state index in [0.717, 1.165) is 6.07 Å². The fraction of sp³-hybridized carbons (Fsp3) is 0.385. The maximum atomic E-state index is 13.2. The number of ether oxygens (including phenoxy) is 1. The van der Waals surface area contributed by atoms with Crippen molar-refractivity contribution < 1.29 is 18.7 Å². The van der Waals surface area contributed by atoms with Crippen molar-refractivity contribution in [1.29, 1.82) is 0 Å². The number of benzene rings is 1. The molecule has 0 unspecified atom stereocenters. The van der Waals surface area contributed by atoms with E-state index in [2.05, 4.69) is 15.9 Å². The Morgan fingerprint density at radius 1 is 1.39 bits per heavy atom. The van der Waals surface area contributed by atoms with Gasteiger partial charge < -0.3 is 4.74 Å². The van der Waals surface area contributed by atoms with Gasteiger partial charge in [0.05, 0.1) is 6.61 Å². The minimum absolute atomic E-state index is 0.132. The lowest BCUT2D eigenvalue weighted by Crippen LogP contribution is -2.35. The van der Waals surface area contributed by atoms with Gasteiger partial charge in [-0.2, -0.15) is 0 Å². The van der Waals surface area contributed by atoms with Gasteiger partial charge in [0.15, 0.2) is 5.78 Å². The molecule has 5 heteroatoms. The van der Waals surface area contributed by atoms with Crippen molar-refractivity contribution in [2.45, 2.75) is 20.8 Å². The number of halogens is 2. The van der Waals surface area contributed by atoms with Crippen molar-refractivity contribution >= 4 is 27.7 Å². The Morgan fingerprint density at radius 3 is 2.56 bits per heavy atom. The number of ketones is 1. The van der Waals surface area contributed by atoms with Crippen LogP contribution in [0.15, 0.2) is 22.7 Å². The maximum Gasteiger partial charge on any atom is 0.319 e. The third kappa shape index (κ3) is 2.96. The van der Waals surface area contributed by atoms with E-state index in [1.54, 1.807) is 6.92 Å². The van der Waals surface area contributed by atoms with Crippen LogP contribution in [0.1, 0.15) is 31.1 Å². The summed E-state index contributed by atoms with van der Waals surface area (Å²) in [6.07, 6.45) is 0. The van der Waals surface area contributed by atoms with E-state index in [0.29, 0.717) is 4.47 Å². The number of Topliss-reactive ketones (excluding diaryl/α,β-unsaturated/α-hetero) is 1. The molecule has 1 aromatic rings. The molecule has 0 amide bonds. The Morgan fingerprint density at radius 2 is 2.00 bits per heavy atom. The van der Waals surface area contributed by atoms with E-state index in [4.69, 9.17) is 4.74 Å². The van der Waals surface area contributed by atoms with Crippen molar-refractivity contribution in [2.75, 3.05) is 6.61 Å². The van der Waals surface area contributed by atoms with Gasteiger partial charge in [0, 0.05) is 10.0 Å². The minimum atomic E-state index is -1.34. The second-order valence-electron chi connectivity index (χ2n) is 4.30. The molecule has 3 nitrogen and oxygen atoms in total. The van der Waals surface area contributed by atoms with Crippen molar-refractivity contribution in [3.63, 3.8) is 0 Å². The summed E-state index contributed by atoms with van der Waals surface area (Å²) in [4.78, 5) is 24.0. The number of carbonyl (C=O) groups excluding carboxylic acids is 2. The third-order valence-corrected chi connectivity index (χ3v) is 3.22. The summed E-state index contributed by atoms with van der Waals surface area (Å²) in [5.41, 5.74) is -1.21. The highest BCUT2D eigenvalue weighted by Gasteiger charge is 2.38. The van der Waals surface area contributed by atoms with Gasteiger partial charge in [-0.15, -0.1) is 0 Å². The molecule has 0 fully saturated rings. The maximum absolute atomic E-state index is 13.2. The van der Waals surface area contributed by atoms with Crippen LogP contribution in [0, 0.1) is 11.2 Å². The van der Waals surface area contributed by atoms with Crippen LogP contribution in [0.3, 0.4) is 0 Å². The molecule has 1 rings (SSSR count). The molecule has 1 aromatic carbocycles. The molecule has 0 saturated carbocycles. The predicted octanol–water partition coefficient (Wildman–Crippen LogP) is 3.36. The average molecular weight is 317 g/mol. The van der Waals surface area contributed by atoms with Gasteiger partial charge in [0.1, 0.15) is 11.2 Å². The highest BCUT2D eigenvalue weighted by atomic mass is 79.9. The van der Waals surface area contributed by atoms with Gasteiger partial charge in [0.25, 0.3) is 0 Å². The molecule has 18 heavy (non-hydrogen) atoms. The minimum Gasteiger partial charge on any atom is -0.465 e. The van der Waals surface area contributed by atoms with Crippen molar-refractivity contribution in [1.82, 2.24) is 0 Å². The van der Waals surface area contributed by atoms with Gasteiger partial charge in [-0.05, 0) is 39.0 Å². The van der Waals surface area contributed by atoms with E-state index in [9.17, 15) is 14.0 Å². The number of carbonyl (C=O) groups is 2. The molecule has 0 heterocycles. The van der Waals surface area contributed by atoms with Crippen LogP contribution in [0.25, 0.3) is 0 Å². The molecule has 0 aliphatic rings. The molecule has 0 saturated heterocycles. The summed E-state index contributed by atoms with van der Waals surface area (Å²) in [6.45, 7) is 4.78. The first-order valence-electron chi connectivity index (χ1n) is 5.47. The topological polar surface area (TPSA) is 43.4 Å². The molecule has 0 aliphatic carbocycles. The Labute approximate surface area is 113 Å². The number of esters is 1. The smallest absolute Gasteiger partial charge is 0.319 e. The van der Waals surface area contributed by atoms with Crippen LogP contribution in [0.5, 0.6) is 0 Å². The SMILES string of the molecule is CCOC(=O)C(C)(C)C(=O)c1cc(F)ccc1Br. The summed E-state index contributed by atoms with van der Waals surface area (Å²) in [6, 6.07) is 3.77. The molecule has 0 spiro atoms. The van der Waals surface area contributed by atoms with Gasteiger partial charge >= 0.3 is 5.97 Å². The van der Waals surface area contributed by atoms with E-state index in [1.165, 1.54) is 26.0 Å². The standard InChI is InChI=1S/C13H14BrFO3/c1-4-18-12(17)13(2,3)11(16)9-7-8(15)5-6-10(9)14/h5-7H,4H2,1-3H3. The molecular formula is C13H14BrFO3. The van der Waals surface area contributed by atoms with Crippen molar-refractivity contribution in [3.05, 3.63) is 34.1 Å². The third-order valence-electron chi connectivity index (χ3n) is 2.53. The average Bonchev–Trinajstić information content (AvgIpc) is 2.31. The van der Waals surface area contributed by atoms with Crippen LogP contribution >= 0.6 is 15.9 Å². The Kier molecular flexibility index (Phi) is 4.62. The number of rotatable bonds is 4. The van der Waals surface area contributed by atoms with E-state index in [-0.39, 0.29) is 12.2 Å². The van der Waals surface area contributed by atoms with Crippen LogP contribution in [-0.4, -0.2) is 18.4 Å². The quantitative estimate of drug-likeness (QED) is 0.486. The van der Waals surface area contributed by atoms with E-state index >= 15 is 0 Å². The van der Waals surface area contributed by atoms with Crippen LogP contribution in [0.2, 0.25) is 0 Å². The molecule has 0 aliphatic heterocycles. The molecule has 0 radical (unpaired) electrons. The van der Waals surface area contributed by atoms with Gasteiger partial charge in [-0.1, -0.05) is 15.9 Å². The molecule has 0 aromatic heterocycles. The molecule has 0 bridgehead atoms. The lowest BCUT2D eigenvalue weighted by Gasteiger charge is -2.21. The summed E-state index contributed by atoms with van der Waals surface area (Å²) in [5.74, 6) is -1.63. The zero-order valence-corrected chi connectivity index (χ0v) is 12.0. The highest BCUT2D eigenvalue weighted by molar-refractivity contribution is 9.10. The van der Waals surface area contributed by atoms with Crippen LogP contribution < -0.4 is 0 Å². The number of hydrogen-bond donors (Lipinski definition) is 0. The number of hydrogen-bond acceptors (Lipinski definition) is 3. The molecular weight excluding hydrogens is 303 g/mol. The second kappa shape index (κ2) is 5.61. The first-order valence-corrected chi connectivity index (χ1v) is 6.27. The lowest BCUT2D eigenvalue weighted by molar-refractivity contribution is -0.150. The van der Waals surface area contributed by atoms with E-state index < -0.39 is 23.0 Å². The van der Waals surface area contributed by atoms with E-state index in [1.807, 2.05) is 0 Å². The summed E-state index contributed by atoms with van der Waals surface area (Å²) in [5, 5.41) is 0. The predicted molar refractivity (Wildman–Crippen MR) is 68.8 cm³/mol. The summed E-state index contributed by atoms with van der Waals surface area (Å²) in [7, 11) is 0. The first-order chi connectivity index (χ1) is 8.30. The molecule has 98 valence electrons. The van der Waals surface area contributed by atoms with Crippen molar-refractivity contribution in [2.24, 2.45) is 5.41 Å². The highest BCUT2D eigenvalue weighted by Crippen LogP contribution is 2.28. The van der Waals surface area contributed by atoms with Gasteiger partial charge in [-0.25, -0.2) is 4.39 Å². The normalized spacial score (nSPS) is 11.2. The Hall–Kier alpha value is -1.23. The largest absolute Gasteiger partial charge is 0.465 e. The van der Waals surface area contributed by atoms with Crippen LogP contribution in [0.4, 0.5) is 4.39 Å². The zero-order valence-electron chi connectivity index (χ0n) is 10.4.